The fourth-order valence-corrected chi connectivity index (χ4v) is 3.91. The zero-order chi connectivity index (χ0) is 13.5. The Kier molecular flexibility index (Phi) is 3.89. The summed E-state index contributed by atoms with van der Waals surface area (Å²) < 4.78 is 0. The monoisotopic (exact) mass is 266 g/mol. The average molecular weight is 266 g/mol. The third kappa shape index (κ3) is 3.32. The predicted molar refractivity (Wildman–Crippen MR) is 78.2 cm³/mol. The van der Waals surface area contributed by atoms with Gasteiger partial charge < -0.3 is 10.4 Å². The zero-order valence-electron chi connectivity index (χ0n) is 12.6. The number of nitrogens with one attached hydrogen (secondary N) is 1. The van der Waals surface area contributed by atoms with Crippen molar-refractivity contribution < 1.29 is 5.11 Å². The lowest BCUT2D eigenvalue weighted by molar-refractivity contribution is 0.130. The quantitative estimate of drug-likeness (QED) is 0.741. The number of hydrogen-bond donors (Lipinski definition) is 2. The van der Waals surface area contributed by atoms with Crippen LogP contribution in [0.4, 0.5) is 0 Å². The Morgan fingerprint density at radius 2 is 1.89 bits per heavy atom. The van der Waals surface area contributed by atoms with Crippen LogP contribution in [-0.2, 0) is 0 Å². The van der Waals surface area contributed by atoms with Gasteiger partial charge >= 0.3 is 0 Å². The second-order valence-electron chi connectivity index (χ2n) is 7.51. The van der Waals surface area contributed by atoms with Gasteiger partial charge in [-0.1, -0.05) is 13.8 Å². The second kappa shape index (κ2) is 5.34. The van der Waals surface area contributed by atoms with Crippen LogP contribution in [0.1, 0.15) is 58.8 Å². The van der Waals surface area contributed by atoms with Gasteiger partial charge in [0.1, 0.15) is 0 Å². The van der Waals surface area contributed by atoms with Crippen molar-refractivity contribution in [2.45, 2.75) is 82.5 Å². The van der Waals surface area contributed by atoms with Crippen molar-refractivity contribution in [1.82, 2.24) is 10.2 Å². The highest BCUT2D eigenvalue weighted by Crippen LogP contribution is 2.41. The molecule has 0 amide bonds. The number of nitrogens with zero attached hydrogens (tertiary/aromatic N) is 1. The summed E-state index contributed by atoms with van der Waals surface area (Å²) in [6.45, 7) is 6.00. The summed E-state index contributed by atoms with van der Waals surface area (Å²) in [5, 5.41) is 13.5. The van der Waals surface area contributed by atoms with Crippen molar-refractivity contribution >= 4 is 0 Å². The Morgan fingerprint density at radius 1 is 1.16 bits per heavy atom. The number of aliphatic hydroxyl groups excluding tert-OH is 1. The molecule has 110 valence electrons. The summed E-state index contributed by atoms with van der Waals surface area (Å²) in [5.74, 6) is 0.989. The molecule has 3 aliphatic carbocycles. The van der Waals surface area contributed by atoms with Crippen LogP contribution < -0.4 is 5.32 Å². The lowest BCUT2D eigenvalue weighted by Gasteiger charge is -2.34. The van der Waals surface area contributed by atoms with Crippen molar-refractivity contribution in [3.05, 3.63) is 0 Å². The molecule has 3 nitrogen and oxygen atoms in total. The standard InChI is InChI=1S/C16H30N2O/c1-12(2)17-16(11-19)8-7-15(9-16)18(14-5-6-14)10-13-3-4-13/h12-15,17,19H,3-11H2,1-2H3. The van der Waals surface area contributed by atoms with Gasteiger partial charge in [0.15, 0.2) is 0 Å². The van der Waals surface area contributed by atoms with E-state index in [2.05, 4.69) is 24.1 Å². The largest absolute Gasteiger partial charge is 0.394 e. The highest BCUT2D eigenvalue weighted by atomic mass is 16.3. The minimum atomic E-state index is -0.00444. The molecule has 0 aliphatic heterocycles. The maximum absolute atomic E-state index is 9.83. The summed E-state index contributed by atoms with van der Waals surface area (Å²) in [5.41, 5.74) is -0.00444. The van der Waals surface area contributed by atoms with Gasteiger partial charge in [0.25, 0.3) is 0 Å². The van der Waals surface area contributed by atoms with E-state index in [1.54, 1.807) is 0 Å². The van der Waals surface area contributed by atoms with Crippen molar-refractivity contribution in [2.75, 3.05) is 13.2 Å². The highest BCUT2D eigenvalue weighted by molar-refractivity contribution is 5.03. The van der Waals surface area contributed by atoms with Crippen LogP contribution in [0.5, 0.6) is 0 Å². The van der Waals surface area contributed by atoms with Crippen molar-refractivity contribution in [2.24, 2.45) is 5.92 Å². The van der Waals surface area contributed by atoms with Crippen LogP contribution >= 0.6 is 0 Å². The molecule has 0 aromatic carbocycles. The highest BCUT2D eigenvalue weighted by Gasteiger charge is 2.45. The van der Waals surface area contributed by atoms with E-state index in [9.17, 15) is 5.11 Å². The van der Waals surface area contributed by atoms with Gasteiger partial charge in [-0.05, 0) is 50.9 Å². The van der Waals surface area contributed by atoms with Crippen molar-refractivity contribution in [3.63, 3.8) is 0 Å². The normalized spacial score (nSPS) is 35.5. The molecule has 19 heavy (non-hydrogen) atoms. The van der Waals surface area contributed by atoms with E-state index >= 15 is 0 Å². The third-order valence-corrected chi connectivity index (χ3v) is 5.13. The van der Waals surface area contributed by atoms with E-state index in [1.807, 2.05) is 0 Å². The maximum atomic E-state index is 9.83. The SMILES string of the molecule is CC(C)NC1(CO)CCC(N(CC2CC2)C2CC2)C1. The van der Waals surface area contributed by atoms with E-state index in [0.29, 0.717) is 18.7 Å². The van der Waals surface area contributed by atoms with E-state index in [4.69, 9.17) is 0 Å². The molecule has 3 fully saturated rings. The van der Waals surface area contributed by atoms with E-state index in [0.717, 1.165) is 24.8 Å². The molecule has 2 atom stereocenters. The van der Waals surface area contributed by atoms with Crippen molar-refractivity contribution in [1.29, 1.82) is 0 Å². The Bertz CT molecular complexity index is 312. The molecule has 0 spiro atoms. The molecule has 0 aromatic heterocycles. The Morgan fingerprint density at radius 3 is 2.42 bits per heavy atom. The fraction of sp³-hybridized carbons (Fsp3) is 1.00. The average Bonchev–Trinajstić information content (AvgIpc) is 3.25. The summed E-state index contributed by atoms with van der Waals surface area (Å²) in [6.07, 6.45) is 9.27. The molecular weight excluding hydrogens is 236 g/mol. The zero-order valence-corrected chi connectivity index (χ0v) is 12.6. The first-order valence-electron chi connectivity index (χ1n) is 8.26. The van der Waals surface area contributed by atoms with Crippen molar-refractivity contribution in [3.8, 4) is 0 Å². The van der Waals surface area contributed by atoms with Crippen LogP contribution in [0.3, 0.4) is 0 Å². The van der Waals surface area contributed by atoms with Crippen LogP contribution in [0.15, 0.2) is 0 Å². The van der Waals surface area contributed by atoms with Crippen LogP contribution in [0, 0.1) is 5.92 Å². The molecule has 3 aliphatic rings. The Balaban J connectivity index is 1.61. The Hall–Kier alpha value is -0.120. The first-order valence-corrected chi connectivity index (χ1v) is 8.26. The van der Waals surface area contributed by atoms with E-state index < -0.39 is 0 Å². The first-order chi connectivity index (χ1) is 9.12. The second-order valence-corrected chi connectivity index (χ2v) is 7.51. The number of rotatable bonds is 7. The van der Waals surface area contributed by atoms with Gasteiger partial charge in [-0.25, -0.2) is 0 Å². The van der Waals surface area contributed by atoms with Gasteiger partial charge in [-0.15, -0.1) is 0 Å². The predicted octanol–water partition coefficient (Wildman–Crippen LogP) is 2.14. The van der Waals surface area contributed by atoms with Crippen LogP contribution in [-0.4, -0.2) is 46.8 Å². The van der Waals surface area contributed by atoms with Gasteiger partial charge in [-0.3, -0.25) is 4.90 Å². The van der Waals surface area contributed by atoms with Gasteiger partial charge in [-0.2, -0.15) is 0 Å². The van der Waals surface area contributed by atoms with Crippen LogP contribution in [0.2, 0.25) is 0 Å². The molecule has 3 rings (SSSR count). The summed E-state index contributed by atoms with van der Waals surface area (Å²) in [4.78, 5) is 2.80. The lowest BCUT2D eigenvalue weighted by atomic mass is 9.97. The third-order valence-electron chi connectivity index (χ3n) is 5.13. The smallest absolute Gasteiger partial charge is 0.0614 e. The topological polar surface area (TPSA) is 35.5 Å². The molecule has 2 N–H and O–H groups in total. The fourth-order valence-electron chi connectivity index (χ4n) is 3.91. The minimum absolute atomic E-state index is 0.00444. The summed E-state index contributed by atoms with van der Waals surface area (Å²) in [6, 6.07) is 2.05. The number of hydrogen-bond acceptors (Lipinski definition) is 3. The maximum Gasteiger partial charge on any atom is 0.0614 e. The van der Waals surface area contributed by atoms with Gasteiger partial charge in [0.05, 0.1) is 6.61 Å². The molecule has 0 aromatic rings. The van der Waals surface area contributed by atoms with Gasteiger partial charge in [0, 0.05) is 30.2 Å². The minimum Gasteiger partial charge on any atom is -0.394 e. The van der Waals surface area contributed by atoms with E-state index in [-0.39, 0.29) is 5.54 Å². The summed E-state index contributed by atoms with van der Waals surface area (Å²) >= 11 is 0. The molecule has 2 unspecified atom stereocenters. The molecule has 0 saturated heterocycles. The molecule has 0 radical (unpaired) electrons. The first kappa shape index (κ1) is 13.8. The van der Waals surface area contributed by atoms with Crippen LogP contribution in [0.25, 0.3) is 0 Å². The van der Waals surface area contributed by atoms with Gasteiger partial charge in [0.2, 0.25) is 0 Å². The molecule has 3 saturated carbocycles. The molecular formula is C16H30N2O. The Labute approximate surface area is 117 Å². The molecule has 3 heteroatoms. The molecule has 0 bridgehead atoms. The summed E-state index contributed by atoms with van der Waals surface area (Å²) in [7, 11) is 0. The number of aliphatic hydroxyl groups is 1. The lowest BCUT2D eigenvalue weighted by Crippen LogP contribution is -2.51. The van der Waals surface area contributed by atoms with E-state index in [1.165, 1.54) is 38.6 Å². The molecule has 0 heterocycles.